The maximum absolute atomic E-state index is 5.90. The van der Waals surface area contributed by atoms with Gasteiger partial charge in [-0.25, -0.2) is 0 Å². The first-order valence-corrected chi connectivity index (χ1v) is 17.0. The number of aromatic nitrogens is 2. The second-order valence-electron chi connectivity index (χ2n) is 11.9. The van der Waals surface area contributed by atoms with E-state index in [0.29, 0.717) is 5.92 Å². The van der Waals surface area contributed by atoms with Gasteiger partial charge in [0, 0.05) is 50.5 Å². The molecule has 0 saturated heterocycles. The van der Waals surface area contributed by atoms with Crippen molar-refractivity contribution in [2.45, 2.75) is 82.5 Å². The van der Waals surface area contributed by atoms with Crippen LogP contribution in [0.4, 0.5) is 0 Å². The predicted molar refractivity (Wildman–Crippen MR) is 178 cm³/mol. The van der Waals surface area contributed by atoms with Gasteiger partial charge < -0.3 is 9.47 Å². The van der Waals surface area contributed by atoms with Crippen LogP contribution in [-0.2, 0) is 5.41 Å². The zero-order valence-electron chi connectivity index (χ0n) is 24.6. The van der Waals surface area contributed by atoms with E-state index >= 15 is 0 Å². The second-order valence-corrected chi connectivity index (χ2v) is 13.7. The summed E-state index contributed by atoms with van der Waals surface area (Å²) in [6.07, 6.45) is 26.2. The van der Waals surface area contributed by atoms with Gasteiger partial charge in [-0.05, 0) is 73.2 Å². The minimum absolute atomic E-state index is 0.0578. The quantitative estimate of drug-likeness (QED) is 0.140. The third kappa shape index (κ3) is 7.19. The van der Waals surface area contributed by atoms with Gasteiger partial charge >= 0.3 is 0 Å². The molecule has 0 saturated carbocycles. The topological polar surface area (TPSA) is 44.2 Å². The molecule has 0 bridgehead atoms. The highest BCUT2D eigenvalue weighted by Crippen LogP contribution is 2.66. The Kier molecular flexibility index (Phi) is 10.9. The van der Waals surface area contributed by atoms with Crippen LogP contribution < -0.4 is 9.47 Å². The summed E-state index contributed by atoms with van der Waals surface area (Å²) in [5.74, 6) is 2.19. The van der Waals surface area contributed by atoms with Crippen LogP contribution in [0.2, 0.25) is 0 Å². The van der Waals surface area contributed by atoms with E-state index in [2.05, 4.69) is 85.2 Å². The number of benzene rings is 1. The van der Waals surface area contributed by atoms with Crippen molar-refractivity contribution in [2.75, 3.05) is 13.2 Å². The fourth-order valence-corrected chi connectivity index (χ4v) is 7.85. The molecular weight excluding hydrogens is 652 g/mol. The molecule has 2 unspecified atom stereocenters. The summed E-state index contributed by atoms with van der Waals surface area (Å²) in [6.45, 7) is 4.04. The van der Waals surface area contributed by atoms with Crippen molar-refractivity contribution in [3.05, 3.63) is 106 Å². The molecule has 0 aliphatic heterocycles. The van der Waals surface area contributed by atoms with Crippen molar-refractivity contribution in [3.8, 4) is 11.5 Å². The van der Waals surface area contributed by atoms with E-state index < -0.39 is 0 Å². The molecule has 5 rings (SSSR count). The van der Waals surface area contributed by atoms with E-state index in [9.17, 15) is 0 Å². The third-order valence-corrected chi connectivity index (χ3v) is 10.3. The smallest absolute Gasteiger partial charge is 0.122 e. The molecule has 0 amide bonds. The predicted octanol–water partition coefficient (Wildman–Crippen LogP) is 10.5. The van der Waals surface area contributed by atoms with Crippen LogP contribution in [0.25, 0.3) is 0 Å². The summed E-state index contributed by atoms with van der Waals surface area (Å²) in [7, 11) is 0. The van der Waals surface area contributed by atoms with Crippen LogP contribution >= 0.6 is 31.9 Å². The first kappa shape index (κ1) is 31.0. The molecule has 0 spiro atoms. The monoisotopic (exact) mass is 692 g/mol. The Morgan fingerprint density at radius 3 is 1.83 bits per heavy atom. The summed E-state index contributed by atoms with van der Waals surface area (Å²) in [5.41, 5.74) is 3.23. The lowest BCUT2D eigenvalue weighted by Gasteiger charge is -2.47. The van der Waals surface area contributed by atoms with Crippen molar-refractivity contribution in [2.24, 2.45) is 5.41 Å². The van der Waals surface area contributed by atoms with E-state index in [1.165, 1.54) is 65.9 Å². The van der Waals surface area contributed by atoms with Crippen LogP contribution in [-0.4, -0.2) is 23.2 Å². The summed E-state index contributed by atoms with van der Waals surface area (Å²) >= 11 is 7.58. The molecule has 0 N–H and O–H groups in total. The summed E-state index contributed by atoms with van der Waals surface area (Å²) in [6, 6.07) is 14.8. The van der Waals surface area contributed by atoms with Gasteiger partial charge in [0.1, 0.15) is 11.5 Å². The van der Waals surface area contributed by atoms with Crippen LogP contribution in [0.3, 0.4) is 0 Å². The van der Waals surface area contributed by atoms with Crippen molar-refractivity contribution in [1.82, 2.24) is 9.97 Å². The molecular formula is C36H42Br2N2O2. The lowest BCUT2D eigenvalue weighted by atomic mass is 9.56. The lowest BCUT2D eigenvalue weighted by molar-refractivity contribution is 0.163. The molecule has 2 heterocycles. The van der Waals surface area contributed by atoms with E-state index in [0.717, 1.165) is 37.6 Å². The molecule has 3 aromatic rings. The Morgan fingerprint density at radius 1 is 0.714 bits per heavy atom. The van der Waals surface area contributed by atoms with Gasteiger partial charge in [-0.2, -0.15) is 0 Å². The fraction of sp³-hybridized carbons (Fsp3) is 0.444. The molecule has 222 valence electrons. The number of hydrogen-bond donors (Lipinski definition) is 0. The van der Waals surface area contributed by atoms with Crippen LogP contribution in [0.1, 0.15) is 88.2 Å². The molecule has 42 heavy (non-hydrogen) atoms. The number of rotatable bonds is 16. The first-order valence-electron chi connectivity index (χ1n) is 15.4. The molecule has 0 radical (unpaired) electrons. The summed E-state index contributed by atoms with van der Waals surface area (Å²) in [5, 5.41) is 0. The van der Waals surface area contributed by atoms with Gasteiger partial charge in [0.15, 0.2) is 0 Å². The maximum atomic E-state index is 5.90. The van der Waals surface area contributed by atoms with E-state index in [1.807, 2.05) is 24.3 Å². The standard InChI is InChI=1S/C36H42Br2N2O2/c1-35-19-12-29(38)27-34(35)32-26-28(37)10-11-33(32)36(35,17-6-2-4-8-24-41-30-13-20-39-21-14-30)18-7-3-5-9-25-42-31-15-22-40-23-16-31/h10-16,19-23,26-27,34H,2-9,17-18,24-25H2,1H3. The third-order valence-electron chi connectivity index (χ3n) is 9.29. The number of halogens is 2. The first-order chi connectivity index (χ1) is 20.5. The number of hydrogen-bond acceptors (Lipinski definition) is 4. The molecule has 2 aromatic heterocycles. The van der Waals surface area contributed by atoms with E-state index in [1.54, 1.807) is 30.4 Å². The Bertz CT molecular complexity index is 1290. The number of unbranched alkanes of at least 4 members (excludes halogenated alkanes) is 6. The average molecular weight is 695 g/mol. The van der Waals surface area contributed by atoms with Gasteiger partial charge in [0.25, 0.3) is 0 Å². The van der Waals surface area contributed by atoms with Gasteiger partial charge in [-0.1, -0.05) is 102 Å². The lowest BCUT2D eigenvalue weighted by Crippen LogP contribution is -2.41. The number of pyridine rings is 2. The average Bonchev–Trinajstić information content (AvgIpc) is 3.21. The Morgan fingerprint density at radius 2 is 1.26 bits per heavy atom. The normalized spacial score (nSPS) is 20.1. The van der Waals surface area contributed by atoms with E-state index in [4.69, 9.17) is 9.47 Å². The van der Waals surface area contributed by atoms with Crippen molar-refractivity contribution in [1.29, 1.82) is 0 Å². The summed E-state index contributed by atoms with van der Waals surface area (Å²) in [4.78, 5) is 8.14. The molecule has 2 aliphatic rings. The zero-order valence-corrected chi connectivity index (χ0v) is 27.8. The molecule has 4 nitrogen and oxygen atoms in total. The highest BCUT2D eigenvalue weighted by Gasteiger charge is 2.57. The molecule has 6 heteroatoms. The van der Waals surface area contributed by atoms with Crippen molar-refractivity contribution < 1.29 is 9.47 Å². The molecule has 2 atom stereocenters. The van der Waals surface area contributed by atoms with Gasteiger partial charge in [-0.15, -0.1) is 0 Å². The minimum atomic E-state index is 0.0578. The van der Waals surface area contributed by atoms with Crippen molar-refractivity contribution in [3.63, 3.8) is 0 Å². The number of allylic oxidation sites excluding steroid dienone is 4. The number of nitrogens with zero attached hydrogens (tertiary/aromatic N) is 2. The highest BCUT2D eigenvalue weighted by molar-refractivity contribution is 9.12. The molecule has 0 fully saturated rings. The second kappa shape index (κ2) is 14.8. The fourth-order valence-electron chi connectivity index (χ4n) is 7.08. The van der Waals surface area contributed by atoms with Crippen molar-refractivity contribution >= 4 is 31.9 Å². The van der Waals surface area contributed by atoms with Crippen LogP contribution in [0, 0.1) is 5.41 Å². The number of ether oxygens (including phenoxy) is 2. The van der Waals surface area contributed by atoms with Crippen LogP contribution in [0.15, 0.2) is 94.4 Å². The highest BCUT2D eigenvalue weighted by atomic mass is 79.9. The van der Waals surface area contributed by atoms with Gasteiger partial charge in [0.05, 0.1) is 13.2 Å². The molecule has 2 aliphatic carbocycles. The van der Waals surface area contributed by atoms with Gasteiger partial charge in [-0.3, -0.25) is 9.97 Å². The number of fused-ring (bicyclic) bond motifs is 3. The minimum Gasteiger partial charge on any atom is -0.493 e. The molecule has 1 aromatic carbocycles. The van der Waals surface area contributed by atoms with Gasteiger partial charge in [0.2, 0.25) is 0 Å². The Labute approximate surface area is 268 Å². The Hall–Kier alpha value is -2.44. The largest absolute Gasteiger partial charge is 0.493 e. The van der Waals surface area contributed by atoms with E-state index in [-0.39, 0.29) is 10.8 Å². The van der Waals surface area contributed by atoms with Crippen LogP contribution in [0.5, 0.6) is 11.5 Å². The zero-order chi connectivity index (χ0) is 29.3. The Balaban J connectivity index is 1.21. The maximum Gasteiger partial charge on any atom is 0.122 e. The summed E-state index contributed by atoms with van der Waals surface area (Å²) < 4.78 is 14.2. The SMILES string of the molecule is CC12C=CC(Br)=CC1c1cc(Br)ccc1C2(CCCCCCOc1ccncc1)CCCCCCOc1ccncc1.